The molecule has 1 amide bonds. The van der Waals surface area contributed by atoms with Gasteiger partial charge in [-0.15, -0.1) is 0 Å². The number of amides is 1. The molecule has 3 N–H and O–H groups in total. The van der Waals surface area contributed by atoms with E-state index < -0.39 is 5.97 Å². The largest absolute Gasteiger partial charge is 0.481 e. The van der Waals surface area contributed by atoms with Gasteiger partial charge in [-0.3, -0.25) is 9.59 Å². The van der Waals surface area contributed by atoms with Crippen molar-refractivity contribution in [1.82, 2.24) is 10.6 Å². The lowest BCUT2D eigenvalue weighted by atomic mass is 9.94. The number of rotatable bonds is 8. The minimum atomic E-state index is -0.792. The third-order valence-corrected chi connectivity index (χ3v) is 3.49. The van der Waals surface area contributed by atoms with Crippen molar-refractivity contribution in [2.75, 3.05) is 19.6 Å². The molecule has 1 unspecified atom stereocenters. The number of carboxylic acids is 1. The smallest absolute Gasteiger partial charge is 0.303 e. The quantitative estimate of drug-likeness (QED) is 0.620. The summed E-state index contributed by atoms with van der Waals surface area (Å²) in [6.45, 7) is 6.52. The lowest BCUT2D eigenvalue weighted by Crippen LogP contribution is -2.32. The fourth-order valence-electron chi connectivity index (χ4n) is 2.63. The third kappa shape index (κ3) is 7.15. The third-order valence-electron chi connectivity index (χ3n) is 3.49. The van der Waals surface area contributed by atoms with Crippen LogP contribution in [0.2, 0.25) is 0 Å². The monoisotopic (exact) mass is 270 g/mol. The van der Waals surface area contributed by atoms with E-state index in [2.05, 4.69) is 24.5 Å². The zero-order valence-corrected chi connectivity index (χ0v) is 11.9. The maximum Gasteiger partial charge on any atom is 0.303 e. The summed E-state index contributed by atoms with van der Waals surface area (Å²) >= 11 is 0. The van der Waals surface area contributed by atoms with Gasteiger partial charge >= 0.3 is 5.97 Å². The van der Waals surface area contributed by atoms with E-state index in [1.54, 1.807) is 0 Å². The fourth-order valence-corrected chi connectivity index (χ4v) is 2.63. The number of carboxylic acid groups (broad SMARTS) is 1. The molecule has 1 saturated heterocycles. The van der Waals surface area contributed by atoms with Crippen LogP contribution in [0.5, 0.6) is 0 Å². The Morgan fingerprint density at radius 2 is 2.16 bits per heavy atom. The van der Waals surface area contributed by atoms with E-state index in [0.717, 1.165) is 25.9 Å². The molecule has 1 heterocycles. The van der Waals surface area contributed by atoms with Gasteiger partial charge in [0, 0.05) is 19.4 Å². The van der Waals surface area contributed by atoms with Gasteiger partial charge in [-0.25, -0.2) is 0 Å². The number of nitrogens with one attached hydrogen (secondary N) is 2. The zero-order chi connectivity index (χ0) is 14.3. The van der Waals surface area contributed by atoms with Crippen LogP contribution in [0.4, 0.5) is 0 Å². The molecule has 1 fully saturated rings. The summed E-state index contributed by atoms with van der Waals surface area (Å²) in [6, 6.07) is 0. The van der Waals surface area contributed by atoms with E-state index in [1.807, 2.05) is 0 Å². The predicted octanol–water partition coefficient (Wildman–Crippen LogP) is 1.24. The molecule has 0 aromatic rings. The molecule has 1 aliphatic rings. The summed E-state index contributed by atoms with van der Waals surface area (Å²) in [5.41, 5.74) is 0. The summed E-state index contributed by atoms with van der Waals surface area (Å²) < 4.78 is 0. The number of hydrogen-bond acceptors (Lipinski definition) is 3. The fraction of sp³-hybridized carbons (Fsp3) is 0.857. The van der Waals surface area contributed by atoms with E-state index in [4.69, 9.17) is 5.11 Å². The van der Waals surface area contributed by atoms with Crippen LogP contribution >= 0.6 is 0 Å². The molecule has 5 nitrogen and oxygen atoms in total. The molecule has 1 aliphatic heterocycles. The van der Waals surface area contributed by atoms with Gasteiger partial charge in [-0.1, -0.05) is 13.8 Å². The Hall–Kier alpha value is -1.10. The van der Waals surface area contributed by atoms with Gasteiger partial charge in [0.25, 0.3) is 0 Å². The highest BCUT2D eigenvalue weighted by atomic mass is 16.4. The highest BCUT2D eigenvalue weighted by molar-refractivity contribution is 5.76. The van der Waals surface area contributed by atoms with Crippen molar-refractivity contribution in [1.29, 1.82) is 0 Å². The molecule has 110 valence electrons. The van der Waals surface area contributed by atoms with Crippen LogP contribution in [-0.4, -0.2) is 36.6 Å². The molecule has 0 aliphatic carbocycles. The minimum Gasteiger partial charge on any atom is -0.481 e. The van der Waals surface area contributed by atoms with Crippen LogP contribution in [0.15, 0.2) is 0 Å². The van der Waals surface area contributed by atoms with Crippen LogP contribution in [0.25, 0.3) is 0 Å². The van der Waals surface area contributed by atoms with Crippen LogP contribution < -0.4 is 10.6 Å². The normalized spacial score (nSPS) is 20.5. The molecule has 0 radical (unpaired) electrons. The SMILES string of the molecule is CC(C)C[C@H](CNC(=O)CC1CCNC1)CC(=O)O. The number of carbonyl (C=O) groups excluding carboxylic acids is 1. The molecule has 0 saturated carbocycles. The first-order valence-corrected chi connectivity index (χ1v) is 7.16. The molecular weight excluding hydrogens is 244 g/mol. The first-order chi connectivity index (χ1) is 8.97. The highest BCUT2D eigenvalue weighted by Gasteiger charge is 2.20. The average Bonchev–Trinajstić information content (AvgIpc) is 2.77. The van der Waals surface area contributed by atoms with Gasteiger partial charge in [-0.05, 0) is 43.7 Å². The Balaban J connectivity index is 2.28. The molecule has 0 spiro atoms. The maximum atomic E-state index is 11.8. The van der Waals surface area contributed by atoms with Gasteiger partial charge in [-0.2, -0.15) is 0 Å². The van der Waals surface area contributed by atoms with E-state index in [-0.39, 0.29) is 18.2 Å². The molecule has 0 aromatic heterocycles. The maximum absolute atomic E-state index is 11.8. The van der Waals surface area contributed by atoms with Crippen LogP contribution in [0.1, 0.15) is 39.5 Å². The van der Waals surface area contributed by atoms with E-state index >= 15 is 0 Å². The topological polar surface area (TPSA) is 78.4 Å². The Morgan fingerprint density at radius 3 is 2.68 bits per heavy atom. The van der Waals surface area contributed by atoms with Crippen molar-refractivity contribution in [3.05, 3.63) is 0 Å². The predicted molar refractivity (Wildman–Crippen MR) is 73.8 cm³/mol. The molecular formula is C14H26N2O3. The summed E-state index contributed by atoms with van der Waals surface area (Å²) in [5, 5.41) is 15.0. The Kier molecular flexibility index (Phi) is 6.84. The van der Waals surface area contributed by atoms with Crippen LogP contribution in [0.3, 0.4) is 0 Å². The van der Waals surface area contributed by atoms with Gasteiger partial charge < -0.3 is 15.7 Å². The van der Waals surface area contributed by atoms with Crippen molar-refractivity contribution in [3.63, 3.8) is 0 Å². The van der Waals surface area contributed by atoms with E-state index in [1.165, 1.54) is 0 Å². The van der Waals surface area contributed by atoms with E-state index in [9.17, 15) is 9.59 Å². The van der Waals surface area contributed by atoms with Gasteiger partial charge in [0.2, 0.25) is 5.91 Å². The zero-order valence-electron chi connectivity index (χ0n) is 11.9. The summed E-state index contributed by atoms with van der Waals surface area (Å²) in [4.78, 5) is 22.6. The first-order valence-electron chi connectivity index (χ1n) is 7.16. The molecule has 19 heavy (non-hydrogen) atoms. The first kappa shape index (κ1) is 16.0. The Labute approximate surface area is 115 Å². The lowest BCUT2D eigenvalue weighted by molar-refractivity contribution is -0.138. The van der Waals surface area contributed by atoms with Crippen molar-refractivity contribution in [3.8, 4) is 0 Å². The Morgan fingerprint density at radius 1 is 1.42 bits per heavy atom. The number of hydrogen-bond donors (Lipinski definition) is 3. The summed E-state index contributed by atoms with van der Waals surface area (Å²) in [7, 11) is 0. The van der Waals surface area contributed by atoms with Crippen LogP contribution in [-0.2, 0) is 9.59 Å². The molecule has 0 aromatic carbocycles. The molecule has 1 rings (SSSR count). The lowest BCUT2D eigenvalue weighted by Gasteiger charge is -2.18. The molecule has 5 heteroatoms. The second-order valence-corrected chi connectivity index (χ2v) is 5.96. The van der Waals surface area contributed by atoms with Gasteiger partial charge in [0.05, 0.1) is 0 Å². The molecule has 2 atom stereocenters. The van der Waals surface area contributed by atoms with Crippen molar-refractivity contribution in [2.45, 2.75) is 39.5 Å². The van der Waals surface area contributed by atoms with Crippen molar-refractivity contribution >= 4 is 11.9 Å². The number of aliphatic carboxylic acids is 1. The minimum absolute atomic E-state index is 0.0307. The number of carbonyl (C=O) groups is 2. The standard InChI is InChI=1S/C14H26N2O3/c1-10(2)5-12(7-14(18)19)9-16-13(17)6-11-3-4-15-8-11/h10-12,15H,3-9H2,1-2H3,(H,16,17)(H,18,19)/t11?,12-/m0/s1. The summed E-state index contributed by atoms with van der Waals surface area (Å²) in [6.07, 6.45) is 2.56. The highest BCUT2D eigenvalue weighted by Crippen LogP contribution is 2.15. The van der Waals surface area contributed by atoms with Gasteiger partial charge in [0.15, 0.2) is 0 Å². The Bertz CT molecular complexity index is 299. The van der Waals surface area contributed by atoms with Crippen molar-refractivity contribution < 1.29 is 14.7 Å². The second-order valence-electron chi connectivity index (χ2n) is 5.96. The van der Waals surface area contributed by atoms with Crippen molar-refractivity contribution in [2.24, 2.45) is 17.8 Å². The van der Waals surface area contributed by atoms with E-state index in [0.29, 0.717) is 24.8 Å². The van der Waals surface area contributed by atoms with Crippen LogP contribution in [0, 0.1) is 17.8 Å². The van der Waals surface area contributed by atoms with Gasteiger partial charge in [0.1, 0.15) is 0 Å². The average molecular weight is 270 g/mol. The summed E-state index contributed by atoms with van der Waals surface area (Å²) in [5.74, 6) is 0.166. The second kappa shape index (κ2) is 8.15. The molecule has 0 bridgehead atoms.